The zero-order valence-corrected chi connectivity index (χ0v) is 47.2. The predicted molar refractivity (Wildman–Crippen MR) is 320 cm³/mol. The minimum Gasteiger partial charge on any atom is -0.497 e. The van der Waals surface area contributed by atoms with Crippen LogP contribution in [0.3, 0.4) is 0 Å². The van der Waals surface area contributed by atoms with Gasteiger partial charge in [0.15, 0.2) is 0 Å². The summed E-state index contributed by atoms with van der Waals surface area (Å²) in [5, 5.41) is 9.53. The molecule has 0 radical (unpaired) electrons. The molecule has 4 saturated carbocycles. The fourth-order valence-corrected chi connectivity index (χ4v) is 12.7. The third-order valence-corrected chi connectivity index (χ3v) is 17.2. The second-order valence-electron chi connectivity index (χ2n) is 23.1. The number of hydrogen-bond donors (Lipinski definition) is 1. The highest BCUT2D eigenvalue weighted by atomic mass is 16.5. The van der Waals surface area contributed by atoms with Crippen molar-refractivity contribution in [2.45, 2.75) is 167 Å². The third-order valence-electron chi connectivity index (χ3n) is 17.2. The Balaban J connectivity index is 1.01. The zero-order valence-electron chi connectivity index (χ0n) is 47.2. The van der Waals surface area contributed by atoms with Crippen LogP contribution in [0.15, 0.2) is 150 Å². The molecule has 8 aromatic rings. The molecule has 0 amide bonds. The number of aromatic nitrogens is 2. The maximum Gasteiger partial charge on any atom is 0.248 e. The van der Waals surface area contributed by atoms with E-state index in [1.54, 1.807) is 7.11 Å². The highest BCUT2D eigenvalue weighted by Gasteiger charge is 2.29. The molecule has 0 aliphatic heterocycles. The first-order valence-electron chi connectivity index (χ1n) is 30.1. The molecular formula is C71H78N3O6+. The molecule has 1 unspecified atom stereocenters. The Hall–Kier alpha value is -7.36. The van der Waals surface area contributed by atoms with Gasteiger partial charge in [0.1, 0.15) is 45.8 Å². The number of nitrogens with one attached hydrogen (secondary N) is 1. The maximum absolute atomic E-state index is 7.32. The quantitative estimate of drug-likeness (QED) is 0.0965. The van der Waals surface area contributed by atoms with Crippen molar-refractivity contribution in [2.24, 2.45) is 0 Å². The summed E-state index contributed by atoms with van der Waals surface area (Å²) >= 11 is 0. The molecule has 7 aromatic carbocycles. The predicted octanol–water partition coefficient (Wildman–Crippen LogP) is 18.1. The van der Waals surface area contributed by atoms with E-state index >= 15 is 0 Å². The summed E-state index contributed by atoms with van der Waals surface area (Å²) in [4.78, 5) is 1.16. The number of quaternary nitrogens is 1. The largest absolute Gasteiger partial charge is 0.497 e. The topological polar surface area (TPSA) is 89.5 Å². The number of rotatable bonds is 17. The van der Waals surface area contributed by atoms with E-state index in [2.05, 4.69) is 122 Å². The van der Waals surface area contributed by atoms with E-state index in [0.717, 1.165) is 178 Å². The molecule has 0 bridgehead atoms. The summed E-state index contributed by atoms with van der Waals surface area (Å²) < 4.78 is 41.0. The van der Waals surface area contributed by atoms with Crippen LogP contribution >= 0.6 is 0 Å². The normalized spacial score (nSPS) is 17.2. The first kappa shape index (κ1) is 53.3. The van der Waals surface area contributed by atoms with Gasteiger partial charge < -0.3 is 28.1 Å². The second-order valence-corrected chi connectivity index (χ2v) is 23.1. The highest BCUT2D eigenvalue weighted by Crippen LogP contribution is 2.48. The van der Waals surface area contributed by atoms with Gasteiger partial charge in [-0.05, 0) is 206 Å². The van der Waals surface area contributed by atoms with Crippen LogP contribution in [0.5, 0.6) is 28.7 Å². The number of ether oxygens (including phenoxy) is 5. The van der Waals surface area contributed by atoms with Crippen LogP contribution in [0.4, 0.5) is 17.1 Å². The van der Waals surface area contributed by atoms with Gasteiger partial charge in [0.25, 0.3) is 0 Å². The first-order valence-corrected chi connectivity index (χ1v) is 30.1. The second kappa shape index (κ2) is 25.0. The Kier molecular flexibility index (Phi) is 16.6. The number of hydrogen-bond acceptors (Lipinski definition) is 8. The average molecular weight is 1070 g/mol. The van der Waals surface area contributed by atoms with Crippen LogP contribution in [-0.4, -0.2) is 41.7 Å². The molecule has 12 rings (SSSR count). The van der Waals surface area contributed by atoms with Gasteiger partial charge in [-0.25, -0.2) is 4.90 Å². The van der Waals surface area contributed by atoms with E-state index in [1.165, 1.54) is 56.9 Å². The molecule has 0 spiro atoms. The molecule has 9 heteroatoms. The number of nitrogens with zero attached hydrogens (tertiary/aromatic N) is 2. The molecule has 4 aliphatic carbocycles. The maximum atomic E-state index is 7.32. The van der Waals surface area contributed by atoms with E-state index in [-0.39, 0.29) is 24.4 Å². The van der Waals surface area contributed by atoms with Gasteiger partial charge >= 0.3 is 0 Å². The molecule has 1 atom stereocenters. The van der Waals surface area contributed by atoms with Crippen LogP contribution in [-0.2, 0) is 0 Å². The number of benzene rings is 7. The van der Waals surface area contributed by atoms with Crippen molar-refractivity contribution in [2.75, 3.05) is 7.11 Å². The Morgan fingerprint density at radius 2 is 0.812 bits per heavy atom. The van der Waals surface area contributed by atoms with Crippen LogP contribution in [0, 0.1) is 13.8 Å². The van der Waals surface area contributed by atoms with E-state index < -0.39 is 0 Å². The van der Waals surface area contributed by atoms with E-state index in [0.29, 0.717) is 11.8 Å². The van der Waals surface area contributed by atoms with Crippen molar-refractivity contribution in [1.82, 2.24) is 10.2 Å². The Morgan fingerprint density at radius 3 is 1.34 bits per heavy atom. The monoisotopic (exact) mass is 1070 g/mol. The van der Waals surface area contributed by atoms with Crippen molar-refractivity contribution >= 4 is 17.1 Å². The summed E-state index contributed by atoms with van der Waals surface area (Å²) in [5.74, 6) is 5.18. The Morgan fingerprint density at radius 1 is 0.375 bits per heavy atom. The van der Waals surface area contributed by atoms with Gasteiger partial charge in [0.05, 0.1) is 31.5 Å². The minimum absolute atomic E-state index is 0.0942. The van der Waals surface area contributed by atoms with Crippen LogP contribution in [0.25, 0.3) is 56.3 Å². The molecule has 4 aliphatic rings. The van der Waals surface area contributed by atoms with Gasteiger partial charge in [-0.2, -0.15) is 0 Å². The molecular weight excluding hydrogens is 991 g/mol. The van der Waals surface area contributed by atoms with Gasteiger partial charge in [0, 0.05) is 64.2 Å². The summed E-state index contributed by atoms with van der Waals surface area (Å²) in [5.41, 5.74) is 13.3. The smallest absolute Gasteiger partial charge is 0.248 e. The van der Waals surface area contributed by atoms with Crippen LogP contribution < -0.4 is 28.6 Å². The standard InChI is InChI=1S/C71H77N3O6/c1-48-29-34-53(35-30-48)74(55-38-40-56(75-3)41-39-55)54-36-31-50(32-37-54)62-45-69(79-60-27-17-8-18-28-60)63(46-68(62)78-59-25-15-7-16-26-59)52-33-42-61(65(44-52)71-73-72-70(80-71)51-19-9-4-10-20-51)64-47-66(76-57-21-11-5-12-22-57)49(2)43-67(64)77-58-23-13-6-14-24-58/h4,9-10,19-20,29-47,57-60H,5-8,11-18,21-28H2,1-3H3/p+1. The lowest BCUT2D eigenvalue weighted by Crippen LogP contribution is -2.96. The van der Waals surface area contributed by atoms with E-state index in [4.69, 9.17) is 33.2 Å². The van der Waals surface area contributed by atoms with E-state index in [9.17, 15) is 0 Å². The molecule has 1 N–H and O–H groups in total. The van der Waals surface area contributed by atoms with Gasteiger partial charge in [-0.1, -0.05) is 73.7 Å². The summed E-state index contributed by atoms with van der Waals surface area (Å²) in [6.45, 7) is 4.30. The van der Waals surface area contributed by atoms with Gasteiger partial charge in [0.2, 0.25) is 11.8 Å². The highest BCUT2D eigenvalue weighted by molar-refractivity contribution is 5.90. The molecule has 0 saturated heterocycles. The summed E-state index contributed by atoms with van der Waals surface area (Å²) in [6, 6.07) is 51.9. The molecule has 9 nitrogen and oxygen atoms in total. The van der Waals surface area contributed by atoms with Crippen molar-refractivity contribution < 1.29 is 33.0 Å². The molecule has 412 valence electrons. The van der Waals surface area contributed by atoms with Gasteiger partial charge in [-0.3, -0.25) is 0 Å². The van der Waals surface area contributed by atoms with Crippen molar-refractivity contribution in [3.63, 3.8) is 0 Å². The first-order chi connectivity index (χ1) is 39.4. The zero-order chi connectivity index (χ0) is 54.2. The summed E-state index contributed by atoms with van der Waals surface area (Å²) in [7, 11) is 1.71. The fourth-order valence-electron chi connectivity index (χ4n) is 12.7. The van der Waals surface area contributed by atoms with Crippen molar-refractivity contribution in [1.29, 1.82) is 0 Å². The number of methoxy groups -OCH3 is 1. The molecule has 1 aromatic heterocycles. The number of aryl methyl sites for hydroxylation is 2. The van der Waals surface area contributed by atoms with Crippen molar-refractivity contribution in [3.05, 3.63) is 157 Å². The van der Waals surface area contributed by atoms with Gasteiger partial charge in [-0.15, -0.1) is 10.2 Å². The minimum atomic E-state index is 0.0942. The molecule has 80 heavy (non-hydrogen) atoms. The van der Waals surface area contributed by atoms with Crippen LogP contribution in [0.2, 0.25) is 0 Å². The van der Waals surface area contributed by atoms with E-state index in [1.807, 2.05) is 42.5 Å². The molecule has 1 heterocycles. The third kappa shape index (κ3) is 12.3. The summed E-state index contributed by atoms with van der Waals surface area (Å²) in [6.07, 6.45) is 23.2. The Labute approximate surface area is 473 Å². The Bertz CT molecular complexity index is 3310. The molecule has 4 fully saturated rings. The van der Waals surface area contributed by atoms with Crippen LogP contribution in [0.1, 0.15) is 140 Å². The average Bonchev–Trinajstić information content (AvgIpc) is 4.03. The SMILES string of the molecule is COc1ccc([NH+](c2ccc(C)cc2)c2ccc(-c3cc(OC4CCCCC4)c(-c4ccc(-c5cc(OC6CCCCC6)c(C)cc5OC5CCCCC5)c(-c5nnc(-c6ccccc6)o5)c4)cc3OC3CCCCC3)cc2)cc1. The lowest BCUT2D eigenvalue weighted by atomic mass is 9.91. The lowest BCUT2D eigenvalue weighted by Gasteiger charge is -2.28. The fraction of sp³-hybridized carbons (Fsp3) is 0.380. The lowest BCUT2D eigenvalue weighted by molar-refractivity contribution is -0.681. The van der Waals surface area contributed by atoms with Crippen molar-refractivity contribution in [3.8, 4) is 85.0 Å².